The van der Waals surface area contributed by atoms with Gasteiger partial charge in [0, 0.05) is 15.1 Å². The van der Waals surface area contributed by atoms with E-state index in [1.807, 2.05) is 60.7 Å². The van der Waals surface area contributed by atoms with Crippen LogP contribution in [0.4, 0.5) is 0 Å². The monoisotopic (exact) mass is 476 g/mol. The highest BCUT2D eigenvalue weighted by Crippen LogP contribution is 2.38. The molecule has 0 spiro atoms. The van der Waals surface area contributed by atoms with Gasteiger partial charge in [0.05, 0.1) is 18.2 Å². The molecule has 0 radical (unpaired) electrons. The maximum absolute atomic E-state index is 12.2. The molecule has 0 aliphatic carbocycles. The normalized spacial score (nSPS) is 11.1. The largest absolute Gasteiger partial charge is 0.312 e. The molecule has 0 saturated heterocycles. The van der Waals surface area contributed by atoms with Crippen molar-refractivity contribution >= 4 is 38.6 Å². The maximum Gasteiger partial charge on any atom is 0.261 e. The van der Waals surface area contributed by atoms with Crippen LogP contribution in [-0.4, -0.2) is 19.7 Å². The number of aromatic nitrogens is 4. The molecule has 0 amide bonds. The zero-order chi connectivity index (χ0) is 20.7. The Morgan fingerprint density at radius 3 is 2.43 bits per heavy atom. The van der Waals surface area contributed by atoms with Crippen molar-refractivity contribution in [3.63, 3.8) is 0 Å². The molecule has 0 aliphatic heterocycles. The zero-order valence-electron chi connectivity index (χ0n) is 15.5. The number of halogens is 2. The second-order valence-corrected chi connectivity index (χ2v) is 8.09. The Bertz CT molecular complexity index is 1420. The Kier molecular flexibility index (Phi) is 4.73. The van der Waals surface area contributed by atoms with Gasteiger partial charge in [0.2, 0.25) is 0 Å². The third kappa shape index (κ3) is 3.24. The highest BCUT2D eigenvalue weighted by atomic mass is 79.9. The summed E-state index contributed by atoms with van der Waals surface area (Å²) in [7, 11) is 0. The summed E-state index contributed by atoms with van der Waals surface area (Å²) < 4.78 is 2.70. The summed E-state index contributed by atoms with van der Waals surface area (Å²) in [5.41, 5.74) is 5.18. The average molecular weight is 478 g/mol. The molecule has 0 saturated carbocycles. The fourth-order valence-electron chi connectivity index (χ4n) is 3.54. The van der Waals surface area contributed by atoms with E-state index in [9.17, 15) is 4.79 Å². The Balaban J connectivity index is 1.84. The van der Waals surface area contributed by atoms with Gasteiger partial charge in [0.25, 0.3) is 5.56 Å². The van der Waals surface area contributed by atoms with Crippen molar-refractivity contribution in [3.8, 4) is 27.9 Å². The van der Waals surface area contributed by atoms with Crippen LogP contribution in [0.2, 0.25) is 5.02 Å². The number of nitrogens with one attached hydrogen (secondary N) is 1. The van der Waals surface area contributed by atoms with Crippen LogP contribution in [0, 0.1) is 0 Å². The number of aromatic amines is 1. The van der Waals surface area contributed by atoms with Crippen LogP contribution < -0.4 is 5.56 Å². The van der Waals surface area contributed by atoms with Crippen molar-refractivity contribution in [2.45, 2.75) is 0 Å². The molecule has 0 bridgehead atoms. The van der Waals surface area contributed by atoms with Gasteiger partial charge in [-0.05, 0) is 47.0 Å². The van der Waals surface area contributed by atoms with Crippen molar-refractivity contribution in [1.82, 2.24) is 19.7 Å². The van der Waals surface area contributed by atoms with Gasteiger partial charge in [-0.2, -0.15) is 5.10 Å². The summed E-state index contributed by atoms with van der Waals surface area (Å²) >= 11 is 9.61. The lowest BCUT2D eigenvalue weighted by Crippen LogP contribution is -2.07. The molecule has 0 atom stereocenters. The molecule has 146 valence electrons. The van der Waals surface area contributed by atoms with Crippen LogP contribution >= 0.6 is 27.5 Å². The van der Waals surface area contributed by atoms with Gasteiger partial charge in [0.1, 0.15) is 5.39 Å². The first-order valence-electron chi connectivity index (χ1n) is 9.18. The van der Waals surface area contributed by atoms with E-state index in [1.165, 1.54) is 6.33 Å². The highest BCUT2D eigenvalue weighted by Gasteiger charge is 2.17. The second-order valence-electron chi connectivity index (χ2n) is 6.74. The van der Waals surface area contributed by atoms with E-state index < -0.39 is 0 Å². The molecule has 0 aliphatic rings. The predicted molar refractivity (Wildman–Crippen MR) is 123 cm³/mol. The SMILES string of the molecule is O=c1[nH]cnc2c1cnn2-c1cccc(-c2ccc(Cl)cc2)c1-c1ccc(Br)cc1. The van der Waals surface area contributed by atoms with E-state index in [-0.39, 0.29) is 5.56 Å². The maximum atomic E-state index is 12.2. The van der Waals surface area contributed by atoms with Gasteiger partial charge in [0.15, 0.2) is 5.65 Å². The lowest BCUT2D eigenvalue weighted by molar-refractivity contribution is 0.896. The zero-order valence-corrected chi connectivity index (χ0v) is 17.9. The topological polar surface area (TPSA) is 63.6 Å². The fraction of sp³-hybridized carbons (Fsp3) is 0. The van der Waals surface area contributed by atoms with Crippen LogP contribution in [-0.2, 0) is 0 Å². The molecule has 7 heteroatoms. The molecular weight excluding hydrogens is 464 g/mol. The molecule has 5 nitrogen and oxygen atoms in total. The van der Waals surface area contributed by atoms with Crippen molar-refractivity contribution in [3.05, 3.63) is 99.1 Å². The first-order chi connectivity index (χ1) is 14.6. The van der Waals surface area contributed by atoms with Crippen molar-refractivity contribution in [1.29, 1.82) is 0 Å². The number of H-pyrrole nitrogens is 1. The summed E-state index contributed by atoms with van der Waals surface area (Å²) in [5.74, 6) is 0. The Labute approximate surface area is 185 Å². The van der Waals surface area contributed by atoms with Gasteiger partial charge in [-0.1, -0.05) is 63.9 Å². The molecule has 2 heterocycles. The summed E-state index contributed by atoms with van der Waals surface area (Å²) in [6, 6.07) is 21.9. The van der Waals surface area contributed by atoms with Crippen LogP contribution in [0.15, 0.2) is 88.5 Å². The van der Waals surface area contributed by atoms with Crippen LogP contribution in [0.3, 0.4) is 0 Å². The summed E-state index contributed by atoms with van der Waals surface area (Å²) in [6.07, 6.45) is 2.94. The molecule has 1 N–H and O–H groups in total. The summed E-state index contributed by atoms with van der Waals surface area (Å²) in [4.78, 5) is 19.1. The number of rotatable bonds is 3. The smallest absolute Gasteiger partial charge is 0.261 e. The van der Waals surface area contributed by atoms with E-state index in [4.69, 9.17) is 11.6 Å². The standard InChI is InChI=1S/C23H14BrClN4O/c24-16-8-4-15(5-9-16)21-18(14-6-10-17(25)11-7-14)2-1-3-20(21)29-22-19(12-28-29)23(30)27-13-26-22/h1-13H,(H,26,27,30). The third-order valence-electron chi connectivity index (χ3n) is 4.93. The number of hydrogen-bond donors (Lipinski definition) is 1. The van der Waals surface area contributed by atoms with E-state index in [1.54, 1.807) is 10.9 Å². The fourth-order valence-corrected chi connectivity index (χ4v) is 3.93. The molecule has 0 unspecified atom stereocenters. The van der Waals surface area contributed by atoms with Crippen molar-refractivity contribution in [2.24, 2.45) is 0 Å². The Morgan fingerprint density at radius 2 is 1.67 bits per heavy atom. The molecular formula is C23H14BrClN4O. The average Bonchev–Trinajstić information content (AvgIpc) is 3.20. The number of hydrogen-bond acceptors (Lipinski definition) is 3. The number of benzene rings is 3. The highest BCUT2D eigenvalue weighted by molar-refractivity contribution is 9.10. The van der Waals surface area contributed by atoms with Gasteiger partial charge >= 0.3 is 0 Å². The quantitative estimate of drug-likeness (QED) is 0.354. The number of fused-ring (bicyclic) bond motifs is 1. The van der Waals surface area contributed by atoms with E-state index in [2.05, 4.69) is 37.1 Å². The third-order valence-corrected chi connectivity index (χ3v) is 5.71. The van der Waals surface area contributed by atoms with Gasteiger partial charge in [-0.25, -0.2) is 9.67 Å². The van der Waals surface area contributed by atoms with Crippen LogP contribution in [0.5, 0.6) is 0 Å². The first kappa shape index (κ1) is 18.8. The minimum Gasteiger partial charge on any atom is -0.312 e. The molecule has 5 rings (SSSR count). The molecule has 0 fully saturated rings. The van der Waals surface area contributed by atoms with Gasteiger partial charge in [-0.3, -0.25) is 4.79 Å². The van der Waals surface area contributed by atoms with Gasteiger partial charge < -0.3 is 4.98 Å². The predicted octanol–water partition coefficient (Wildman–Crippen LogP) is 5.86. The second kappa shape index (κ2) is 7.55. The van der Waals surface area contributed by atoms with E-state index in [0.717, 1.165) is 32.4 Å². The van der Waals surface area contributed by atoms with Gasteiger partial charge in [-0.15, -0.1) is 0 Å². The minimum absolute atomic E-state index is 0.217. The van der Waals surface area contributed by atoms with Crippen LogP contribution in [0.1, 0.15) is 0 Å². The molecule has 30 heavy (non-hydrogen) atoms. The van der Waals surface area contributed by atoms with E-state index in [0.29, 0.717) is 16.1 Å². The molecule has 5 aromatic rings. The molecule has 2 aromatic heterocycles. The van der Waals surface area contributed by atoms with Crippen molar-refractivity contribution in [2.75, 3.05) is 0 Å². The minimum atomic E-state index is -0.217. The first-order valence-corrected chi connectivity index (χ1v) is 10.4. The Hall–Kier alpha value is -3.22. The Morgan fingerprint density at radius 1 is 0.933 bits per heavy atom. The summed E-state index contributed by atoms with van der Waals surface area (Å²) in [6.45, 7) is 0. The van der Waals surface area contributed by atoms with E-state index >= 15 is 0 Å². The summed E-state index contributed by atoms with van der Waals surface area (Å²) in [5, 5.41) is 5.61. The lowest BCUT2D eigenvalue weighted by Gasteiger charge is -2.16. The van der Waals surface area contributed by atoms with Crippen molar-refractivity contribution < 1.29 is 0 Å². The lowest BCUT2D eigenvalue weighted by atomic mass is 9.93. The number of nitrogens with zero attached hydrogens (tertiary/aromatic N) is 3. The van der Waals surface area contributed by atoms with Crippen LogP contribution in [0.25, 0.3) is 39.0 Å². The molecule has 3 aromatic carbocycles.